The zero-order chi connectivity index (χ0) is 11.8. The molecule has 0 N–H and O–H groups in total. The summed E-state index contributed by atoms with van der Waals surface area (Å²) in [5.41, 5.74) is 0. The lowest BCUT2D eigenvalue weighted by molar-refractivity contribution is 0.217. The van der Waals surface area contributed by atoms with Gasteiger partial charge in [0.2, 0.25) is 0 Å². The minimum Gasteiger partial charge on any atom is -0.494 e. The van der Waals surface area contributed by atoms with Crippen LogP contribution in [0.3, 0.4) is 0 Å². The lowest BCUT2D eigenvalue weighted by Gasteiger charge is -2.13. The maximum atomic E-state index is 5.68. The maximum absolute atomic E-state index is 5.68. The number of hydrogen-bond acceptors (Lipinski definition) is 2. The molecule has 1 aromatic rings. The second kappa shape index (κ2) is 7.55. The van der Waals surface area contributed by atoms with E-state index in [-0.39, 0.29) is 6.10 Å². The van der Waals surface area contributed by atoms with E-state index in [4.69, 9.17) is 9.47 Å². The fourth-order valence-electron chi connectivity index (χ4n) is 1.17. The number of halogens is 1. The molecule has 0 radical (unpaired) electrons. The normalized spacial score (nSPS) is 12.2. The second-order valence-corrected chi connectivity index (χ2v) is 4.49. The molecule has 0 aliphatic rings. The lowest BCUT2D eigenvalue weighted by Crippen LogP contribution is -2.09. The molecule has 0 aromatic heterocycles. The molecular weight excluding hydrogens is 268 g/mol. The monoisotopic (exact) mass is 286 g/mol. The Morgan fingerprint density at radius 3 is 2.38 bits per heavy atom. The highest BCUT2D eigenvalue weighted by atomic mass is 79.9. The van der Waals surface area contributed by atoms with Crippen molar-refractivity contribution in [3.05, 3.63) is 24.3 Å². The third-order valence-corrected chi connectivity index (χ3v) is 2.84. The third-order valence-electron chi connectivity index (χ3n) is 2.28. The molecule has 3 heteroatoms. The van der Waals surface area contributed by atoms with Crippen molar-refractivity contribution in [3.63, 3.8) is 0 Å². The van der Waals surface area contributed by atoms with Gasteiger partial charge in [-0.25, -0.2) is 0 Å². The number of benzene rings is 1. The lowest BCUT2D eigenvalue weighted by atomic mass is 10.3. The fourth-order valence-corrected chi connectivity index (χ4v) is 1.40. The van der Waals surface area contributed by atoms with Gasteiger partial charge in [-0.3, -0.25) is 0 Å². The first-order chi connectivity index (χ1) is 7.76. The topological polar surface area (TPSA) is 18.5 Å². The molecule has 1 rings (SSSR count). The minimum absolute atomic E-state index is 0.264. The summed E-state index contributed by atoms with van der Waals surface area (Å²) in [5, 5.41) is 0.974. The van der Waals surface area contributed by atoms with Crippen LogP contribution in [0.15, 0.2) is 24.3 Å². The van der Waals surface area contributed by atoms with Crippen molar-refractivity contribution in [3.8, 4) is 11.5 Å². The summed E-state index contributed by atoms with van der Waals surface area (Å²) < 4.78 is 11.2. The Morgan fingerprint density at radius 2 is 1.81 bits per heavy atom. The van der Waals surface area contributed by atoms with E-state index in [1.165, 1.54) is 0 Å². The molecule has 0 saturated carbocycles. The Hall–Kier alpha value is -0.700. The number of rotatable bonds is 7. The Labute approximate surface area is 106 Å². The van der Waals surface area contributed by atoms with Gasteiger partial charge in [-0.15, -0.1) is 0 Å². The minimum atomic E-state index is 0.264. The molecule has 0 saturated heterocycles. The molecule has 0 aliphatic carbocycles. The molecular formula is C13H19BrO2. The summed E-state index contributed by atoms with van der Waals surface area (Å²) in [5.74, 6) is 1.81. The molecule has 0 spiro atoms. The van der Waals surface area contributed by atoms with Gasteiger partial charge < -0.3 is 9.47 Å². The van der Waals surface area contributed by atoms with E-state index in [1.807, 2.05) is 24.3 Å². The summed E-state index contributed by atoms with van der Waals surface area (Å²) in [6.07, 6.45) is 2.30. The van der Waals surface area contributed by atoms with Crippen LogP contribution in [-0.2, 0) is 0 Å². The first kappa shape index (κ1) is 13.4. The van der Waals surface area contributed by atoms with Crippen LogP contribution in [-0.4, -0.2) is 18.0 Å². The second-order valence-electron chi connectivity index (χ2n) is 3.70. The Balaban J connectivity index is 2.41. The highest BCUT2D eigenvalue weighted by molar-refractivity contribution is 9.09. The van der Waals surface area contributed by atoms with Gasteiger partial charge in [0.15, 0.2) is 0 Å². The van der Waals surface area contributed by atoms with Crippen molar-refractivity contribution in [1.82, 2.24) is 0 Å². The summed E-state index contributed by atoms with van der Waals surface area (Å²) in [7, 11) is 0. The average Bonchev–Trinajstić information content (AvgIpc) is 2.31. The van der Waals surface area contributed by atoms with Gasteiger partial charge in [-0.05, 0) is 44.0 Å². The van der Waals surface area contributed by atoms with Crippen LogP contribution >= 0.6 is 15.9 Å². The van der Waals surface area contributed by atoms with E-state index in [9.17, 15) is 0 Å². The van der Waals surface area contributed by atoms with Gasteiger partial charge >= 0.3 is 0 Å². The van der Waals surface area contributed by atoms with Crippen molar-refractivity contribution >= 4 is 15.9 Å². The first-order valence-electron chi connectivity index (χ1n) is 5.71. The van der Waals surface area contributed by atoms with Crippen LogP contribution in [0, 0.1) is 0 Å². The van der Waals surface area contributed by atoms with E-state index in [2.05, 4.69) is 29.8 Å². The van der Waals surface area contributed by atoms with Crippen molar-refractivity contribution < 1.29 is 9.47 Å². The molecule has 0 bridgehead atoms. The van der Waals surface area contributed by atoms with E-state index in [0.29, 0.717) is 0 Å². The molecule has 2 nitrogen and oxygen atoms in total. The quantitative estimate of drug-likeness (QED) is 0.557. The smallest absolute Gasteiger partial charge is 0.119 e. The van der Waals surface area contributed by atoms with E-state index in [0.717, 1.165) is 36.3 Å². The zero-order valence-corrected chi connectivity index (χ0v) is 11.5. The van der Waals surface area contributed by atoms with Gasteiger partial charge in [-0.1, -0.05) is 22.9 Å². The summed E-state index contributed by atoms with van der Waals surface area (Å²) in [6.45, 7) is 4.93. The Morgan fingerprint density at radius 1 is 1.19 bits per heavy atom. The highest BCUT2D eigenvalue weighted by Gasteiger charge is 2.01. The predicted molar refractivity (Wildman–Crippen MR) is 70.7 cm³/mol. The molecule has 0 heterocycles. The predicted octanol–water partition coefficient (Wildman–Crippen LogP) is 4.03. The fraction of sp³-hybridized carbons (Fsp3) is 0.538. The zero-order valence-electron chi connectivity index (χ0n) is 9.91. The van der Waals surface area contributed by atoms with Crippen molar-refractivity contribution in [2.24, 2.45) is 0 Å². The largest absolute Gasteiger partial charge is 0.494 e. The third kappa shape index (κ3) is 4.88. The maximum Gasteiger partial charge on any atom is 0.119 e. The summed E-state index contributed by atoms with van der Waals surface area (Å²) in [4.78, 5) is 0. The van der Waals surface area contributed by atoms with Crippen LogP contribution in [0.1, 0.15) is 26.7 Å². The SMILES string of the molecule is CCC(C)Oc1ccc(OCCCBr)cc1. The van der Waals surface area contributed by atoms with Crippen molar-refractivity contribution in [2.45, 2.75) is 32.8 Å². The molecule has 16 heavy (non-hydrogen) atoms. The van der Waals surface area contributed by atoms with Gasteiger partial charge in [-0.2, -0.15) is 0 Å². The molecule has 90 valence electrons. The van der Waals surface area contributed by atoms with Crippen molar-refractivity contribution in [1.29, 1.82) is 0 Å². The van der Waals surface area contributed by atoms with Crippen LogP contribution in [0.5, 0.6) is 11.5 Å². The Bertz CT molecular complexity index is 284. The van der Waals surface area contributed by atoms with Gasteiger partial charge in [0, 0.05) is 5.33 Å². The van der Waals surface area contributed by atoms with Gasteiger partial charge in [0.25, 0.3) is 0 Å². The summed E-state index contributed by atoms with van der Waals surface area (Å²) in [6, 6.07) is 7.81. The van der Waals surface area contributed by atoms with E-state index in [1.54, 1.807) is 0 Å². The van der Waals surface area contributed by atoms with Gasteiger partial charge in [0.05, 0.1) is 12.7 Å². The first-order valence-corrected chi connectivity index (χ1v) is 6.84. The number of hydrogen-bond donors (Lipinski definition) is 0. The van der Waals surface area contributed by atoms with Crippen LogP contribution in [0.4, 0.5) is 0 Å². The molecule has 0 amide bonds. The molecule has 0 fully saturated rings. The number of ether oxygens (including phenoxy) is 2. The van der Waals surface area contributed by atoms with Crippen molar-refractivity contribution in [2.75, 3.05) is 11.9 Å². The average molecular weight is 287 g/mol. The van der Waals surface area contributed by atoms with E-state index < -0.39 is 0 Å². The molecule has 1 atom stereocenters. The molecule has 0 aliphatic heterocycles. The van der Waals surface area contributed by atoms with Gasteiger partial charge in [0.1, 0.15) is 11.5 Å². The summed E-state index contributed by atoms with van der Waals surface area (Å²) >= 11 is 3.37. The number of alkyl halides is 1. The van der Waals surface area contributed by atoms with E-state index >= 15 is 0 Å². The standard InChI is InChI=1S/C13H19BrO2/c1-3-11(2)16-13-7-5-12(6-8-13)15-10-4-9-14/h5-8,11H,3-4,9-10H2,1-2H3. The Kier molecular flexibility index (Phi) is 6.31. The molecule has 1 unspecified atom stereocenters. The van der Waals surface area contributed by atoms with Crippen LogP contribution < -0.4 is 9.47 Å². The molecule has 1 aromatic carbocycles. The van der Waals surface area contributed by atoms with Crippen LogP contribution in [0.25, 0.3) is 0 Å². The highest BCUT2D eigenvalue weighted by Crippen LogP contribution is 2.19. The van der Waals surface area contributed by atoms with Crippen LogP contribution in [0.2, 0.25) is 0 Å².